The molecule has 0 saturated heterocycles. The molecule has 0 atom stereocenters. The van der Waals surface area contributed by atoms with Crippen molar-refractivity contribution in [2.24, 2.45) is 0 Å². The molecule has 1 aromatic rings. The summed E-state index contributed by atoms with van der Waals surface area (Å²) in [4.78, 5) is 10.9. The van der Waals surface area contributed by atoms with E-state index in [0.29, 0.717) is 5.56 Å². The first-order valence-electron chi connectivity index (χ1n) is 3.30. The number of carbonyl (C=O) groups is 1. The zero-order valence-corrected chi connectivity index (χ0v) is 9.96. The van der Waals surface area contributed by atoms with Crippen molar-refractivity contribution in [3.8, 4) is 0 Å². The molecule has 0 spiro atoms. The van der Waals surface area contributed by atoms with E-state index in [-0.39, 0.29) is 38.7 Å². The van der Waals surface area contributed by atoms with E-state index >= 15 is 0 Å². The van der Waals surface area contributed by atoms with Gasteiger partial charge in [-0.2, -0.15) is 0 Å². The maximum absolute atomic E-state index is 10.9. The van der Waals surface area contributed by atoms with Gasteiger partial charge in [-0.15, -0.1) is 29.8 Å². The normalized spacial score (nSPS) is 8.50. The number of hydrogen-bond acceptors (Lipinski definition) is 2. The van der Waals surface area contributed by atoms with Gasteiger partial charge in [0.1, 0.15) is 0 Å². The van der Waals surface area contributed by atoms with E-state index in [1.54, 1.807) is 12.1 Å². The molecule has 0 unspecified atom stereocenters. The third kappa shape index (κ3) is 3.04. The largest absolute Gasteiger partial charge is 0.509 e. The summed E-state index contributed by atoms with van der Waals surface area (Å²) < 4.78 is 4.52. The van der Waals surface area contributed by atoms with Crippen LogP contribution in [-0.2, 0) is 37.4 Å². The second-order valence-electron chi connectivity index (χ2n) is 2.27. The minimum absolute atomic E-state index is 0. The van der Waals surface area contributed by atoms with Gasteiger partial charge in [0.05, 0.1) is 7.11 Å². The van der Waals surface area contributed by atoms with Crippen molar-refractivity contribution in [3.05, 3.63) is 35.4 Å². The molecule has 61 valence electrons. The van der Waals surface area contributed by atoms with Crippen LogP contribution in [0.15, 0.2) is 18.2 Å². The minimum atomic E-state index is -0.339. The van der Waals surface area contributed by atoms with Gasteiger partial charge in [0, 0.05) is 32.7 Å². The number of aryl methyl sites for hydroxylation is 1. The summed E-state index contributed by atoms with van der Waals surface area (Å²) in [6.45, 7) is 1.92. The zero-order valence-electron chi connectivity index (χ0n) is 7.13. The number of carbonyl (C=O) groups excluding carboxylic acids is 1. The first-order chi connectivity index (χ1) is 5.24. The fourth-order valence-corrected chi connectivity index (χ4v) is 0.808. The van der Waals surface area contributed by atoms with Gasteiger partial charge in [-0.05, 0) is 0 Å². The monoisotopic (exact) mass is 238 g/mol. The number of methoxy groups -OCH3 is 1. The maximum atomic E-state index is 10.9. The molecule has 0 N–H and O–H groups in total. The number of hydrogen-bond donors (Lipinski definition) is 0. The molecule has 1 aromatic carbocycles. The van der Waals surface area contributed by atoms with Crippen molar-refractivity contribution in [1.82, 2.24) is 0 Å². The van der Waals surface area contributed by atoms with E-state index in [9.17, 15) is 4.79 Å². The van der Waals surface area contributed by atoms with Crippen LogP contribution in [0.25, 0.3) is 0 Å². The van der Waals surface area contributed by atoms with Crippen LogP contribution in [-0.4, -0.2) is 13.1 Å². The SMILES string of the molecule is COC(=O)c1[c-]ccc(C)c1.[Y]. The third-order valence-electron chi connectivity index (χ3n) is 1.36. The standard InChI is InChI=1S/C9H9O2.Y/c1-7-4-3-5-8(6-7)9(10)11-2;/h3-4,6H,1-2H3;/q-1;. The van der Waals surface area contributed by atoms with Crippen LogP contribution in [0.3, 0.4) is 0 Å². The molecule has 0 fully saturated rings. The molecule has 0 heterocycles. The molecular formula is C9H9O2Y-. The Morgan fingerprint density at radius 2 is 2.25 bits per heavy atom. The van der Waals surface area contributed by atoms with Gasteiger partial charge in [0.25, 0.3) is 0 Å². The van der Waals surface area contributed by atoms with E-state index in [4.69, 9.17) is 0 Å². The van der Waals surface area contributed by atoms with E-state index in [2.05, 4.69) is 10.8 Å². The van der Waals surface area contributed by atoms with Gasteiger partial charge < -0.3 is 9.53 Å². The summed E-state index contributed by atoms with van der Waals surface area (Å²) in [7, 11) is 1.36. The molecule has 1 rings (SSSR count). The zero-order chi connectivity index (χ0) is 8.27. The van der Waals surface area contributed by atoms with Crippen molar-refractivity contribution in [2.75, 3.05) is 7.11 Å². The summed E-state index contributed by atoms with van der Waals surface area (Å²) >= 11 is 0. The molecule has 1 radical (unpaired) electrons. The van der Waals surface area contributed by atoms with Crippen LogP contribution in [0, 0.1) is 13.0 Å². The Balaban J connectivity index is 0.00000121. The molecule has 0 aliphatic carbocycles. The number of rotatable bonds is 1. The molecule has 0 aliphatic heterocycles. The van der Waals surface area contributed by atoms with Crippen molar-refractivity contribution in [2.45, 2.75) is 6.92 Å². The van der Waals surface area contributed by atoms with Gasteiger partial charge >= 0.3 is 0 Å². The molecule has 0 aliphatic rings. The predicted molar refractivity (Wildman–Crippen MR) is 41.4 cm³/mol. The molecule has 0 bridgehead atoms. The van der Waals surface area contributed by atoms with Crippen molar-refractivity contribution in [1.29, 1.82) is 0 Å². The van der Waals surface area contributed by atoms with Crippen LogP contribution >= 0.6 is 0 Å². The van der Waals surface area contributed by atoms with Gasteiger partial charge in [0.2, 0.25) is 5.97 Å². The number of esters is 1. The summed E-state index contributed by atoms with van der Waals surface area (Å²) in [5.41, 5.74) is 1.51. The van der Waals surface area contributed by atoms with E-state index in [1.165, 1.54) is 7.11 Å². The first kappa shape index (κ1) is 11.8. The summed E-state index contributed by atoms with van der Waals surface area (Å²) in [6.07, 6.45) is 0. The Labute approximate surface area is 97.2 Å². The Bertz CT molecular complexity index is 271. The molecular weight excluding hydrogens is 229 g/mol. The number of ether oxygens (including phenoxy) is 1. The van der Waals surface area contributed by atoms with Crippen LogP contribution < -0.4 is 0 Å². The molecule has 0 saturated carbocycles. The molecule has 3 heteroatoms. The molecule has 2 nitrogen and oxygen atoms in total. The summed E-state index contributed by atoms with van der Waals surface area (Å²) in [5.74, 6) is -0.339. The summed E-state index contributed by atoms with van der Waals surface area (Å²) in [5, 5.41) is 0. The van der Waals surface area contributed by atoms with E-state index < -0.39 is 0 Å². The van der Waals surface area contributed by atoms with Gasteiger partial charge in [-0.25, -0.2) is 0 Å². The Morgan fingerprint density at radius 3 is 2.75 bits per heavy atom. The molecule has 12 heavy (non-hydrogen) atoms. The quantitative estimate of drug-likeness (QED) is 0.548. The Morgan fingerprint density at radius 1 is 1.58 bits per heavy atom. The maximum Gasteiger partial charge on any atom is 0.249 e. The average Bonchev–Trinajstić information content (AvgIpc) is 2.03. The molecule has 0 aromatic heterocycles. The van der Waals surface area contributed by atoms with Crippen LogP contribution in [0.4, 0.5) is 0 Å². The third-order valence-corrected chi connectivity index (χ3v) is 1.36. The van der Waals surface area contributed by atoms with Crippen LogP contribution in [0.1, 0.15) is 15.9 Å². The Kier molecular flexibility index (Phi) is 5.35. The van der Waals surface area contributed by atoms with Crippen molar-refractivity contribution < 1.29 is 42.2 Å². The van der Waals surface area contributed by atoms with Crippen molar-refractivity contribution in [3.63, 3.8) is 0 Å². The van der Waals surface area contributed by atoms with Gasteiger partial charge in [-0.3, -0.25) is 0 Å². The summed E-state index contributed by atoms with van der Waals surface area (Å²) in [6, 6.07) is 8.12. The second-order valence-corrected chi connectivity index (χ2v) is 2.27. The minimum Gasteiger partial charge on any atom is -0.509 e. The van der Waals surface area contributed by atoms with Crippen LogP contribution in [0.5, 0.6) is 0 Å². The number of benzene rings is 1. The van der Waals surface area contributed by atoms with Crippen molar-refractivity contribution >= 4 is 5.97 Å². The fraction of sp³-hybridized carbons (Fsp3) is 0.222. The van der Waals surface area contributed by atoms with Gasteiger partial charge in [-0.1, -0.05) is 12.5 Å². The smallest absolute Gasteiger partial charge is 0.249 e. The second kappa shape index (κ2) is 5.44. The first-order valence-corrected chi connectivity index (χ1v) is 3.30. The topological polar surface area (TPSA) is 26.3 Å². The Hall–Kier alpha value is -0.206. The molecule has 0 amide bonds. The predicted octanol–water partition coefficient (Wildman–Crippen LogP) is 1.58. The van der Waals surface area contributed by atoms with E-state index in [1.807, 2.05) is 13.0 Å². The fourth-order valence-electron chi connectivity index (χ4n) is 0.808. The van der Waals surface area contributed by atoms with E-state index in [0.717, 1.165) is 5.56 Å². The van der Waals surface area contributed by atoms with Crippen LogP contribution in [0.2, 0.25) is 0 Å². The van der Waals surface area contributed by atoms with Gasteiger partial charge in [0.15, 0.2) is 0 Å². The average molecular weight is 238 g/mol.